The van der Waals surface area contributed by atoms with Crippen molar-refractivity contribution >= 4 is 38.9 Å². The van der Waals surface area contributed by atoms with Crippen LogP contribution in [0.1, 0.15) is 0 Å². The zero-order valence-electron chi connectivity index (χ0n) is 8.79. The second-order valence-corrected chi connectivity index (χ2v) is 5.27. The zero-order chi connectivity index (χ0) is 12.5. The lowest BCUT2D eigenvalue weighted by atomic mass is 10.3. The van der Waals surface area contributed by atoms with Gasteiger partial charge in [0.2, 0.25) is 11.2 Å². The Morgan fingerprint density at radius 2 is 2.11 bits per heavy atom. The maximum atomic E-state index is 5.93. The van der Waals surface area contributed by atoms with E-state index in [0.717, 1.165) is 10.0 Å². The first kappa shape index (κ1) is 11.8. The zero-order valence-corrected chi connectivity index (χ0v) is 11.9. The monoisotopic (exact) mass is 341 g/mol. The first-order valence-corrected chi connectivity index (χ1v) is 6.97. The highest BCUT2D eigenvalue weighted by Crippen LogP contribution is 2.29. The van der Waals surface area contributed by atoms with Gasteiger partial charge in [-0.3, -0.25) is 4.57 Å². The molecule has 0 amide bonds. The minimum Gasteiger partial charge on any atom is -0.274 e. The average molecular weight is 343 g/mol. The molecule has 0 aliphatic rings. The third-order valence-corrected chi connectivity index (χ3v) is 4.06. The van der Waals surface area contributed by atoms with E-state index in [1.54, 1.807) is 34.6 Å². The summed E-state index contributed by atoms with van der Waals surface area (Å²) in [5, 5.41) is 4.07. The Kier molecular flexibility index (Phi) is 3.11. The molecule has 8 heteroatoms. The molecule has 3 rings (SSSR count). The van der Waals surface area contributed by atoms with Crippen LogP contribution in [-0.2, 0) is 0 Å². The van der Waals surface area contributed by atoms with E-state index in [9.17, 15) is 0 Å². The summed E-state index contributed by atoms with van der Waals surface area (Å²) < 4.78 is 2.61. The largest absolute Gasteiger partial charge is 0.274 e. The second-order valence-electron chi connectivity index (χ2n) is 3.33. The summed E-state index contributed by atoms with van der Waals surface area (Å²) in [5.41, 5.74) is 0.894. The molecule has 0 unspecified atom stereocenters. The highest BCUT2D eigenvalue weighted by atomic mass is 79.9. The molecule has 0 saturated carbocycles. The van der Waals surface area contributed by atoms with E-state index in [1.807, 2.05) is 10.8 Å². The summed E-state index contributed by atoms with van der Waals surface area (Å²) in [4.78, 5) is 16.5. The summed E-state index contributed by atoms with van der Waals surface area (Å²) in [6.45, 7) is 0. The van der Waals surface area contributed by atoms with Gasteiger partial charge in [-0.2, -0.15) is 26.3 Å². The lowest BCUT2D eigenvalue weighted by Gasteiger charge is -2.03. The van der Waals surface area contributed by atoms with E-state index in [4.69, 9.17) is 11.6 Å². The van der Waals surface area contributed by atoms with Crippen LogP contribution in [0.25, 0.3) is 17.3 Å². The van der Waals surface area contributed by atoms with E-state index in [-0.39, 0.29) is 5.28 Å². The van der Waals surface area contributed by atoms with Crippen LogP contribution in [0.4, 0.5) is 0 Å². The summed E-state index contributed by atoms with van der Waals surface area (Å²) in [7, 11) is 0. The maximum Gasteiger partial charge on any atom is 0.239 e. The fourth-order valence-corrected chi connectivity index (χ4v) is 3.00. The highest BCUT2D eigenvalue weighted by molar-refractivity contribution is 9.10. The lowest BCUT2D eigenvalue weighted by molar-refractivity contribution is 0.899. The van der Waals surface area contributed by atoms with Gasteiger partial charge in [0.05, 0.1) is 0 Å². The highest BCUT2D eigenvalue weighted by Gasteiger charge is 2.11. The van der Waals surface area contributed by atoms with Crippen LogP contribution in [0.15, 0.2) is 34.0 Å². The molecule has 90 valence electrons. The third kappa shape index (κ3) is 2.16. The number of hydrogen-bond donors (Lipinski definition) is 0. The minimum atomic E-state index is 0.154. The number of aromatic nitrogens is 5. The van der Waals surface area contributed by atoms with Gasteiger partial charge in [-0.05, 0) is 27.5 Å². The smallest absolute Gasteiger partial charge is 0.239 e. The summed E-state index contributed by atoms with van der Waals surface area (Å²) in [6, 6.07) is 0. The van der Waals surface area contributed by atoms with Crippen molar-refractivity contribution in [2.75, 3.05) is 0 Å². The van der Waals surface area contributed by atoms with Crippen molar-refractivity contribution in [3.63, 3.8) is 0 Å². The van der Waals surface area contributed by atoms with Crippen molar-refractivity contribution < 1.29 is 0 Å². The van der Waals surface area contributed by atoms with Gasteiger partial charge in [0, 0.05) is 33.2 Å². The quantitative estimate of drug-likeness (QED) is 0.717. The fraction of sp³-hybridized carbons (Fsp3) is 0. The first-order chi connectivity index (χ1) is 8.74. The molecule has 3 heterocycles. The molecule has 3 aromatic rings. The van der Waals surface area contributed by atoms with Crippen LogP contribution >= 0.6 is 38.9 Å². The van der Waals surface area contributed by atoms with Crippen molar-refractivity contribution in [1.82, 2.24) is 24.5 Å². The molecule has 0 saturated heterocycles. The van der Waals surface area contributed by atoms with Gasteiger partial charge in [-0.15, -0.1) is 0 Å². The number of hydrogen-bond acceptors (Lipinski definition) is 5. The van der Waals surface area contributed by atoms with Gasteiger partial charge in [0.15, 0.2) is 5.82 Å². The van der Waals surface area contributed by atoms with Crippen molar-refractivity contribution in [3.8, 4) is 17.3 Å². The van der Waals surface area contributed by atoms with Gasteiger partial charge in [-0.25, -0.2) is 4.98 Å². The van der Waals surface area contributed by atoms with Crippen LogP contribution in [0.2, 0.25) is 5.28 Å². The molecule has 0 aliphatic heterocycles. The van der Waals surface area contributed by atoms with Crippen LogP contribution in [0.5, 0.6) is 0 Å². The Labute approximate surface area is 120 Å². The molecule has 0 N–H and O–H groups in total. The van der Waals surface area contributed by atoms with E-state index >= 15 is 0 Å². The maximum absolute atomic E-state index is 5.93. The van der Waals surface area contributed by atoms with Crippen molar-refractivity contribution in [1.29, 1.82) is 0 Å². The Morgan fingerprint density at radius 1 is 1.22 bits per heavy atom. The molecule has 3 aromatic heterocycles. The van der Waals surface area contributed by atoms with Gasteiger partial charge in [-0.1, -0.05) is 0 Å². The van der Waals surface area contributed by atoms with E-state index in [0.29, 0.717) is 11.8 Å². The molecule has 0 bridgehead atoms. The normalized spacial score (nSPS) is 10.8. The molecule has 0 spiro atoms. The topological polar surface area (TPSA) is 56.5 Å². The van der Waals surface area contributed by atoms with Crippen molar-refractivity contribution in [2.45, 2.75) is 0 Å². The van der Waals surface area contributed by atoms with Crippen molar-refractivity contribution in [2.24, 2.45) is 0 Å². The summed E-state index contributed by atoms with van der Waals surface area (Å²) in [6.07, 6.45) is 5.01. The van der Waals surface area contributed by atoms with Crippen LogP contribution in [0.3, 0.4) is 0 Å². The standard InChI is InChI=1S/C10H5BrClN5S/c11-7-4-18-3-6(7)8-14-9(12)16-10(15-8)17-2-1-13-5-17/h1-5H. The van der Waals surface area contributed by atoms with Gasteiger partial charge >= 0.3 is 0 Å². The number of halogens is 2. The lowest BCUT2D eigenvalue weighted by Crippen LogP contribution is -2.02. The third-order valence-electron chi connectivity index (χ3n) is 2.19. The molecule has 0 atom stereocenters. The van der Waals surface area contributed by atoms with Crippen LogP contribution in [-0.4, -0.2) is 24.5 Å². The molecule has 5 nitrogen and oxygen atoms in total. The second kappa shape index (κ2) is 4.75. The predicted octanol–water partition coefficient (Wildman–Crippen LogP) is 3.20. The van der Waals surface area contributed by atoms with Gasteiger partial charge in [0.25, 0.3) is 0 Å². The number of imidazole rings is 1. The molecule has 0 radical (unpaired) electrons. The average Bonchev–Trinajstić information content (AvgIpc) is 2.98. The minimum absolute atomic E-state index is 0.154. The van der Waals surface area contributed by atoms with Gasteiger partial charge in [0.1, 0.15) is 6.33 Å². The summed E-state index contributed by atoms with van der Waals surface area (Å²) >= 11 is 10.9. The fourth-order valence-electron chi connectivity index (χ4n) is 1.39. The first-order valence-electron chi connectivity index (χ1n) is 4.86. The molecule has 18 heavy (non-hydrogen) atoms. The molecular formula is C10H5BrClN5S. The predicted molar refractivity (Wildman–Crippen MR) is 73.0 cm³/mol. The van der Waals surface area contributed by atoms with E-state index < -0.39 is 0 Å². The molecule has 0 aliphatic carbocycles. The Hall–Kier alpha value is -1.31. The number of nitrogens with zero attached hydrogens (tertiary/aromatic N) is 5. The Morgan fingerprint density at radius 3 is 2.78 bits per heavy atom. The SMILES string of the molecule is Clc1nc(-c2cscc2Br)nc(-n2ccnc2)n1. The summed E-state index contributed by atoms with van der Waals surface area (Å²) in [5.74, 6) is 0.979. The van der Waals surface area contributed by atoms with Gasteiger partial charge < -0.3 is 0 Å². The van der Waals surface area contributed by atoms with Crippen LogP contribution in [0, 0.1) is 0 Å². The molecule has 0 aromatic carbocycles. The van der Waals surface area contributed by atoms with Crippen LogP contribution < -0.4 is 0 Å². The Bertz CT molecular complexity index is 681. The van der Waals surface area contributed by atoms with E-state index in [2.05, 4.69) is 35.9 Å². The van der Waals surface area contributed by atoms with Crippen molar-refractivity contribution in [3.05, 3.63) is 39.2 Å². The molecule has 0 fully saturated rings. The van der Waals surface area contributed by atoms with E-state index in [1.165, 1.54) is 0 Å². The molecular weight excluding hydrogens is 338 g/mol. The number of rotatable bonds is 2. The Balaban J connectivity index is 2.15. The number of thiophene rings is 1.